The third-order valence-electron chi connectivity index (χ3n) is 4.36. The third-order valence-corrected chi connectivity index (χ3v) is 6.15. The van der Waals surface area contributed by atoms with E-state index in [1.165, 1.54) is 0 Å². The SMILES string of the molecule is CCN(CC)C(=O)CN(c1ccc(OC)cc1)S(=O)(=O)c1ccc(C)cc1. The number of aryl methyl sites for hydroxylation is 1. The predicted molar refractivity (Wildman–Crippen MR) is 107 cm³/mol. The van der Waals surface area contributed by atoms with E-state index >= 15 is 0 Å². The molecule has 0 bridgehead atoms. The first-order chi connectivity index (χ1) is 12.8. The van der Waals surface area contributed by atoms with Crippen molar-refractivity contribution in [3.05, 3.63) is 54.1 Å². The molecule has 0 spiro atoms. The lowest BCUT2D eigenvalue weighted by Gasteiger charge is -2.27. The number of hydrogen-bond acceptors (Lipinski definition) is 4. The monoisotopic (exact) mass is 390 g/mol. The minimum absolute atomic E-state index is 0.149. The average Bonchev–Trinajstić information content (AvgIpc) is 2.67. The Labute approximate surface area is 161 Å². The van der Waals surface area contributed by atoms with Crippen LogP contribution in [0.5, 0.6) is 5.75 Å². The average molecular weight is 391 g/mol. The lowest BCUT2D eigenvalue weighted by Crippen LogP contribution is -2.43. The number of anilines is 1. The van der Waals surface area contributed by atoms with Crippen LogP contribution in [0.15, 0.2) is 53.4 Å². The molecule has 0 fully saturated rings. The molecule has 0 aliphatic rings. The second-order valence-corrected chi connectivity index (χ2v) is 7.95. The molecule has 0 saturated carbocycles. The van der Waals surface area contributed by atoms with Crippen LogP contribution < -0.4 is 9.04 Å². The summed E-state index contributed by atoms with van der Waals surface area (Å²) in [7, 11) is -2.35. The van der Waals surface area contributed by atoms with Crippen molar-refractivity contribution in [1.82, 2.24) is 4.90 Å². The number of ether oxygens (including phenoxy) is 1. The lowest BCUT2D eigenvalue weighted by molar-refractivity contribution is -0.129. The van der Waals surface area contributed by atoms with Crippen LogP contribution in [0.3, 0.4) is 0 Å². The Morgan fingerprint density at radius 1 is 0.963 bits per heavy atom. The highest BCUT2D eigenvalue weighted by atomic mass is 32.2. The Morgan fingerprint density at radius 3 is 2.00 bits per heavy atom. The van der Waals surface area contributed by atoms with Gasteiger partial charge in [0, 0.05) is 13.1 Å². The molecule has 0 atom stereocenters. The first kappa shape index (κ1) is 20.8. The van der Waals surface area contributed by atoms with Gasteiger partial charge >= 0.3 is 0 Å². The number of carbonyl (C=O) groups is 1. The van der Waals surface area contributed by atoms with Crippen molar-refractivity contribution < 1.29 is 17.9 Å². The summed E-state index contributed by atoms with van der Waals surface area (Å²) >= 11 is 0. The maximum atomic E-state index is 13.3. The Hall–Kier alpha value is -2.54. The lowest BCUT2D eigenvalue weighted by atomic mass is 10.2. The molecule has 1 amide bonds. The summed E-state index contributed by atoms with van der Waals surface area (Å²) in [5.74, 6) is 0.369. The largest absolute Gasteiger partial charge is 0.497 e. The van der Waals surface area contributed by atoms with Gasteiger partial charge in [-0.25, -0.2) is 8.42 Å². The van der Waals surface area contributed by atoms with Crippen LogP contribution in [0.1, 0.15) is 19.4 Å². The quantitative estimate of drug-likeness (QED) is 0.695. The molecule has 146 valence electrons. The standard InChI is InChI=1S/C20H26N2O4S/c1-5-21(6-2)20(23)15-22(17-9-11-18(26-4)12-10-17)27(24,25)19-13-7-16(3)8-14-19/h7-14H,5-6,15H2,1-4H3. The van der Waals surface area contributed by atoms with Gasteiger partial charge in [0.15, 0.2) is 0 Å². The molecule has 6 nitrogen and oxygen atoms in total. The highest BCUT2D eigenvalue weighted by Crippen LogP contribution is 2.26. The maximum absolute atomic E-state index is 13.3. The number of sulfonamides is 1. The molecule has 0 radical (unpaired) electrons. The van der Waals surface area contributed by atoms with Gasteiger partial charge in [0.1, 0.15) is 12.3 Å². The van der Waals surface area contributed by atoms with Gasteiger partial charge in [0.05, 0.1) is 17.7 Å². The molecule has 0 heterocycles. The van der Waals surface area contributed by atoms with Crippen molar-refractivity contribution in [3.8, 4) is 5.75 Å². The van der Waals surface area contributed by atoms with Crippen LogP contribution in [-0.2, 0) is 14.8 Å². The van der Waals surface area contributed by atoms with E-state index in [0.29, 0.717) is 24.5 Å². The van der Waals surface area contributed by atoms with Crippen molar-refractivity contribution in [2.45, 2.75) is 25.7 Å². The van der Waals surface area contributed by atoms with Crippen molar-refractivity contribution in [2.75, 3.05) is 31.0 Å². The summed E-state index contributed by atoms with van der Waals surface area (Å²) in [5, 5.41) is 0. The first-order valence-electron chi connectivity index (χ1n) is 8.84. The van der Waals surface area contributed by atoms with E-state index in [-0.39, 0.29) is 17.3 Å². The van der Waals surface area contributed by atoms with Gasteiger partial charge < -0.3 is 9.64 Å². The van der Waals surface area contributed by atoms with Crippen molar-refractivity contribution in [3.63, 3.8) is 0 Å². The number of nitrogens with zero attached hydrogens (tertiary/aromatic N) is 2. The molecular formula is C20H26N2O4S. The summed E-state index contributed by atoms with van der Waals surface area (Å²) in [4.78, 5) is 14.4. The Morgan fingerprint density at radius 2 is 1.52 bits per heavy atom. The summed E-state index contributed by atoms with van der Waals surface area (Å²) < 4.78 is 32.8. The van der Waals surface area contributed by atoms with Gasteiger partial charge in [0.2, 0.25) is 5.91 Å². The Balaban J connectivity index is 2.47. The molecule has 0 aliphatic carbocycles. The zero-order valence-electron chi connectivity index (χ0n) is 16.2. The van der Waals surface area contributed by atoms with Crippen LogP contribution in [-0.4, -0.2) is 46.0 Å². The van der Waals surface area contributed by atoms with Crippen LogP contribution in [0.2, 0.25) is 0 Å². The van der Waals surface area contributed by atoms with Gasteiger partial charge in [-0.3, -0.25) is 9.10 Å². The molecule has 0 aliphatic heterocycles. The van der Waals surface area contributed by atoms with Crippen LogP contribution in [0.4, 0.5) is 5.69 Å². The second-order valence-electron chi connectivity index (χ2n) is 6.09. The number of benzene rings is 2. The molecule has 2 aromatic carbocycles. The topological polar surface area (TPSA) is 66.9 Å². The molecule has 7 heteroatoms. The third kappa shape index (κ3) is 4.80. The highest BCUT2D eigenvalue weighted by molar-refractivity contribution is 7.92. The van der Waals surface area contributed by atoms with E-state index in [2.05, 4.69) is 0 Å². The number of methoxy groups -OCH3 is 1. The van der Waals surface area contributed by atoms with Gasteiger partial charge in [-0.2, -0.15) is 0 Å². The zero-order valence-corrected chi connectivity index (χ0v) is 17.0. The number of amides is 1. The van der Waals surface area contributed by atoms with Gasteiger partial charge in [-0.05, 0) is 57.2 Å². The molecular weight excluding hydrogens is 364 g/mol. The minimum atomic E-state index is -3.89. The summed E-state index contributed by atoms with van der Waals surface area (Å²) in [6.07, 6.45) is 0. The Bertz CT molecular complexity index is 858. The Kier molecular flexibility index (Phi) is 6.85. The fraction of sp³-hybridized carbons (Fsp3) is 0.350. The maximum Gasteiger partial charge on any atom is 0.264 e. The van der Waals surface area contributed by atoms with Crippen LogP contribution >= 0.6 is 0 Å². The fourth-order valence-corrected chi connectivity index (χ4v) is 4.11. The van der Waals surface area contributed by atoms with Gasteiger partial charge in [0.25, 0.3) is 10.0 Å². The van der Waals surface area contributed by atoms with Gasteiger partial charge in [-0.15, -0.1) is 0 Å². The normalized spacial score (nSPS) is 11.1. The van der Waals surface area contributed by atoms with Crippen molar-refractivity contribution >= 4 is 21.6 Å². The zero-order chi connectivity index (χ0) is 20.0. The molecule has 27 heavy (non-hydrogen) atoms. The van der Waals surface area contributed by atoms with E-state index in [1.807, 2.05) is 20.8 Å². The number of rotatable bonds is 8. The fourth-order valence-electron chi connectivity index (χ4n) is 2.70. The van der Waals surface area contributed by atoms with Gasteiger partial charge in [-0.1, -0.05) is 17.7 Å². The summed E-state index contributed by atoms with van der Waals surface area (Å²) in [6, 6.07) is 13.2. The smallest absolute Gasteiger partial charge is 0.264 e. The van der Waals surface area contributed by atoms with E-state index in [1.54, 1.807) is 60.5 Å². The van der Waals surface area contributed by atoms with Crippen LogP contribution in [0, 0.1) is 6.92 Å². The molecule has 0 unspecified atom stereocenters. The summed E-state index contributed by atoms with van der Waals surface area (Å²) in [5.41, 5.74) is 1.38. The number of hydrogen-bond donors (Lipinski definition) is 0. The molecule has 2 rings (SSSR count). The first-order valence-corrected chi connectivity index (χ1v) is 10.3. The van der Waals surface area contributed by atoms with E-state index in [9.17, 15) is 13.2 Å². The van der Waals surface area contributed by atoms with Crippen molar-refractivity contribution in [1.29, 1.82) is 0 Å². The molecule has 0 aromatic heterocycles. The number of likely N-dealkylation sites (N-methyl/N-ethyl adjacent to an activating group) is 1. The molecule has 0 saturated heterocycles. The molecule has 2 aromatic rings. The van der Waals surface area contributed by atoms with E-state index < -0.39 is 10.0 Å². The molecule has 0 N–H and O–H groups in total. The predicted octanol–water partition coefficient (Wildman–Crippen LogP) is 3.07. The second kappa shape index (κ2) is 8.90. The van der Waals surface area contributed by atoms with E-state index in [4.69, 9.17) is 4.74 Å². The minimum Gasteiger partial charge on any atom is -0.497 e. The van der Waals surface area contributed by atoms with Crippen molar-refractivity contribution in [2.24, 2.45) is 0 Å². The summed E-state index contributed by atoms with van der Waals surface area (Å²) in [6.45, 7) is 6.42. The highest BCUT2D eigenvalue weighted by Gasteiger charge is 2.28. The number of carbonyl (C=O) groups excluding carboxylic acids is 1. The van der Waals surface area contributed by atoms with Crippen LogP contribution in [0.25, 0.3) is 0 Å². The van der Waals surface area contributed by atoms with E-state index in [0.717, 1.165) is 9.87 Å².